The predicted molar refractivity (Wildman–Crippen MR) is 74.8 cm³/mol. The standard InChI is InChI=1S/C15H23NO5/c1-14(2,3)21-13(20)16-11(12(18)19)9-8-15(6-7-15)5-4-10(9)17/h9,11H,4-8H2,1-3H3,(H,16,20)(H,18,19)/t9-,11?/m1/s1. The third-order valence-corrected chi connectivity index (χ3v) is 4.27. The van der Waals surface area contributed by atoms with Crippen LogP contribution in [0.5, 0.6) is 0 Å². The van der Waals surface area contributed by atoms with E-state index in [4.69, 9.17) is 4.74 Å². The molecule has 6 heteroatoms. The van der Waals surface area contributed by atoms with Crippen LogP contribution in [0.3, 0.4) is 0 Å². The number of carboxylic acid groups (broad SMARTS) is 1. The maximum absolute atomic E-state index is 12.1. The van der Waals surface area contributed by atoms with Crippen LogP contribution < -0.4 is 5.32 Å². The summed E-state index contributed by atoms with van der Waals surface area (Å²) < 4.78 is 5.09. The van der Waals surface area contributed by atoms with Gasteiger partial charge in [-0.25, -0.2) is 9.59 Å². The van der Waals surface area contributed by atoms with Crippen molar-refractivity contribution in [2.75, 3.05) is 0 Å². The minimum Gasteiger partial charge on any atom is -0.480 e. The molecular formula is C15H23NO5. The first-order chi connectivity index (χ1) is 9.62. The number of nitrogens with one attached hydrogen (secondary N) is 1. The SMILES string of the molecule is CC(C)(C)OC(=O)NC(C(=O)O)[C@@H]1CC2(CCC1=O)CC2. The first kappa shape index (κ1) is 15.8. The number of amides is 1. The third-order valence-electron chi connectivity index (χ3n) is 4.27. The number of carbonyl (C=O) groups excluding carboxylic acids is 2. The second kappa shape index (κ2) is 5.31. The van der Waals surface area contributed by atoms with Gasteiger partial charge in [0.05, 0.1) is 0 Å². The van der Waals surface area contributed by atoms with E-state index in [1.807, 2.05) is 0 Å². The highest BCUT2D eigenvalue weighted by atomic mass is 16.6. The van der Waals surface area contributed by atoms with Gasteiger partial charge in [0.2, 0.25) is 0 Å². The van der Waals surface area contributed by atoms with E-state index in [-0.39, 0.29) is 11.2 Å². The van der Waals surface area contributed by atoms with Crippen LogP contribution in [0, 0.1) is 11.3 Å². The molecule has 0 heterocycles. The van der Waals surface area contributed by atoms with Gasteiger partial charge in [0.1, 0.15) is 17.4 Å². The van der Waals surface area contributed by atoms with E-state index in [0.717, 1.165) is 19.3 Å². The Morgan fingerprint density at radius 1 is 1.33 bits per heavy atom. The van der Waals surface area contributed by atoms with E-state index in [9.17, 15) is 19.5 Å². The number of Topliss-reactive ketones (excluding diaryl/α,β-unsaturated/α-hetero) is 1. The fourth-order valence-electron chi connectivity index (χ4n) is 2.96. The van der Waals surface area contributed by atoms with Crippen molar-refractivity contribution in [1.82, 2.24) is 5.32 Å². The topological polar surface area (TPSA) is 92.7 Å². The number of aliphatic carboxylic acids is 1. The fraction of sp³-hybridized carbons (Fsp3) is 0.800. The Kier molecular flexibility index (Phi) is 4.00. The highest BCUT2D eigenvalue weighted by Crippen LogP contribution is 2.57. The molecule has 2 atom stereocenters. The predicted octanol–water partition coefficient (Wildman–Crippen LogP) is 2.11. The minimum absolute atomic E-state index is 0.0732. The van der Waals surface area contributed by atoms with E-state index < -0.39 is 29.6 Å². The molecule has 6 nitrogen and oxygen atoms in total. The summed E-state index contributed by atoms with van der Waals surface area (Å²) >= 11 is 0. The number of hydrogen-bond acceptors (Lipinski definition) is 4. The number of hydrogen-bond donors (Lipinski definition) is 2. The molecule has 2 aliphatic rings. The Morgan fingerprint density at radius 3 is 2.43 bits per heavy atom. The quantitative estimate of drug-likeness (QED) is 0.832. The number of carbonyl (C=O) groups is 3. The van der Waals surface area contributed by atoms with Crippen LogP contribution in [0.2, 0.25) is 0 Å². The molecule has 0 saturated heterocycles. The first-order valence-corrected chi connectivity index (χ1v) is 7.37. The highest BCUT2D eigenvalue weighted by molar-refractivity contribution is 5.90. The molecular weight excluding hydrogens is 274 g/mol. The lowest BCUT2D eigenvalue weighted by Crippen LogP contribution is -2.51. The molecule has 0 bridgehead atoms. The molecule has 0 aromatic rings. The molecule has 1 amide bonds. The zero-order valence-electron chi connectivity index (χ0n) is 12.8. The van der Waals surface area contributed by atoms with Gasteiger partial charge < -0.3 is 15.2 Å². The molecule has 2 saturated carbocycles. The fourth-order valence-corrected chi connectivity index (χ4v) is 2.96. The van der Waals surface area contributed by atoms with Crippen molar-refractivity contribution < 1.29 is 24.2 Å². The summed E-state index contributed by atoms with van der Waals surface area (Å²) in [7, 11) is 0. The lowest BCUT2D eigenvalue weighted by atomic mass is 9.75. The number of alkyl carbamates (subject to hydrolysis) is 1. The Balaban J connectivity index is 2.05. The molecule has 0 aliphatic heterocycles. The summed E-state index contributed by atoms with van der Waals surface area (Å²) in [6, 6.07) is -1.20. The molecule has 1 spiro atoms. The van der Waals surface area contributed by atoms with Crippen LogP contribution in [0.1, 0.15) is 52.9 Å². The highest BCUT2D eigenvalue weighted by Gasteiger charge is 2.51. The summed E-state index contributed by atoms with van der Waals surface area (Å²) in [6.45, 7) is 5.11. The maximum Gasteiger partial charge on any atom is 0.408 e. The molecule has 2 N–H and O–H groups in total. The normalized spacial score (nSPS) is 25.3. The molecule has 2 rings (SSSR count). The largest absolute Gasteiger partial charge is 0.480 e. The number of carboxylic acids is 1. The Labute approximate surface area is 124 Å². The van der Waals surface area contributed by atoms with E-state index in [1.54, 1.807) is 20.8 Å². The lowest BCUT2D eigenvalue weighted by Gasteiger charge is -2.32. The van der Waals surface area contributed by atoms with Crippen LogP contribution >= 0.6 is 0 Å². The average molecular weight is 297 g/mol. The monoisotopic (exact) mass is 297 g/mol. The van der Waals surface area contributed by atoms with Crippen molar-refractivity contribution in [3.05, 3.63) is 0 Å². The Morgan fingerprint density at radius 2 is 1.95 bits per heavy atom. The van der Waals surface area contributed by atoms with Gasteiger partial charge in [0, 0.05) is 12.3 Å². The van der Waals surface area contributed by atoms with E-state index in [1.165, 1.54) is 0 Å². The summed E-state index contributed by atoms with van der Waals surface area (Å²) in [5.41, 5.74) is -0.566. The lowest BCUT2D eigenvalue weighted by molar-refractivity contribution is -0.145. The van der Waals surface area contributed by atoms with E-state index in [0.29, 0.717) is 12.8 Å². The van der Waals surface area contributed by atoms with Gasteiger partial charge in [-0.05, 0) is 51.9 Å². The minimum atomic E-state index is -1.20. The zero-order valence-corrected chi connectivity index (χ0v) is 12.8. The average Bonchev–Trinajstić information content (AvgIpc) is 3.07. The van der Waals surface area contributed by atoms with Gasteiger partial charge in [-0.2, -0.15) is 0 Å². The maximum atomic E-state index is 12.1. The van der Waals surface area contributed by atoms with Crippen LogP contribution in [0.25, 0.3) is 0 Å². The summed E-state index contributed by atoms with van der Waals surface area (Å²) in [4.78, 5) is 35.3. The van der Waals surface area contributed by atoms with Crippen molar-refractivity contribution in [3.8, 4) is 0 Å². The van der Waals surface area contributed by atoms with Crippen LogP contribution in [-0.4, -0.2) is 34.6 Å². The zero-order chi connectivity index (χ0) is 15.8. The molecule has 21 heavy (non-hydrogen) atoms. The van der Waals surface area contributed by atoms with Crippen molar-refractivity contribution in [2.24, 2.45) is 11.3 Å². The molecule has 1 unspecified atom stereocenters. The second-order valence-corrected chi connectivity index (χ2v) is 7.24. The van der Waals surface area contributed by atoms with Crippen LogP contribution in [0.4, 0.5) is 4.79 Å². The number of ether oxygens (including phenoxy) is 1. The molecule has 0 aromatic heterocycles. The molecule has 118 valence electrons. The third kappa shape index (κ3) is 3.95. The molecule has 0 aromatic carbocycles. The molecule has 2 aliphatic carbocycles. The van der Waals surface area contributed by atoms with E-state index in [2.05, 4.69) is 5.32 Å². The van der Waals surface area contributed by atoms with Crippen molar-refractivity contribution >= 4 is 17.8 Å². The Hall–Kier alpha value is -1.59. The molecule has 2 fully saturated rings. The summed E-state index contributed by atoms with van der Waals surface area (Å²) in [5, 5.41) is 11.7. The van der Waals surface area contributed by atoms with Gasteiger partial charge in [-0.15, -0.1) is 0 Å². The van der Waals surface area contributed by atoms with Crippen LogP contribution in [0.15, 0.2) is 0 Å². The Bertz CT molecular complexity index is 461. The summed E-state index contributed by atoms with van der Waals surface area (Å²) in [6.07, 6.45) is 3.12. The second-order valence-electron chi connectivity index (χ2n) is 7.24. The summed E-state index contributed by atoms with van der Waals surface area (Å²) in [5.74, 6) is -1.90. The van der Waals surface area contributed by atoms with Crippen LogP contribution in [-0.2, 0) is 14.3 Å². The van der Waals surface area contributed by atoms with Crippen molar-refractivity contribution in [2.45, 2.75) is 64.5 Å². The van der Waals surface area contributed by atoms with E-state index >= 15 is 0 Å². The van der Waals surface area contributed by atoms with Gasteiger partial charge in [-0.3, -0.25) is 4.79 Å². The number of ketones is 1. The van der Waals surface area contributed by atoms with Crippen molar-refractivity contribution in [3.63, 3.8) is 0 Å². The first-order valence-electron chi connectivity index (χ1n) is 7.37. The molecule has 0 radical (unpaired) electrons. The van der Waals surface area contributed by atoms with Gasteiger partial charge in [0.15, 0.2) is 0 Å². The van der Waals surface area contributed by atoms with Crippen molar-refractivity contribution in [1.29, 1.82) is 0 Å². The smallest absolute Gasteiger partial charge is 0.408 e. The van der Waals surface area contributed by atoms with Gasteiger partial charge in [-0.1, -0.05) is 0 Å². The van der Waals surface area contributed by atoms with Gasteiger partial charge in [0.25, 0.3) is 0 Å². The van der Waals surface area contributed by atoms with Gasteiger partial charge >= 0.3 is 12.1 Å². The number of rotatable bonds is 3.